The van der Waals surface area contributed by atoms with Crippen LogP contribution >= 0.6 is 22.6 Å². The normalized spacial score (nSPS) is 19.6. The van der Waals surface area contributed by atoms with Gasteiger partial charge in [0.15, 0.2) is 5.65 Å². The Labute approximate surface area is 246 Å². The first-order chi connectivity index (χ1) is 19.3. The topological polar surface area (TPSA) is 118 Å². The first kappa shape index (κ1) is 27.3. The first-order valence-electron chi connectivity index (χ1n) is 13.6. The van der Waals surface area contributed by atoms with Gasteiger partial charge >= 0.3 is 5.69 Å². The van der Waals surface area contributed by atoms with E-state index in [9.17, 15) is 13.2 Å². The minimum atomic E-state index is -3.78. The van der Waals surface area contributed by atoms with Gasteiger partial charge in [0.25, 0.3) is 0 Å². The molecule has 1 fully saturated rings. The molecule has 4 aromatic rings. The van der Waals surface area contributed by atoms with Gasteiger partial charge in [-0.3, -0.25) is 4.57 Å². The lowest BCUT2D eigenvalue weighted by Gasteiger charge is -2.41. The molecule has 3 aromatic heterocycles. The van der Waals surface area contributed by atoms with Crippen molar-refractivity contribution in [1.82, 2.24) is 33.4 Å². The van der Waals surface area contributed by atoms with Gasteiger partial charge in [-0.15, -0.1) is 10.2 Å². The summed E-state index contributed by atoms with van der Waals surface area (Å²) in [7, 11) is -3.78. The predicted octanol–water partition coefficient (Wildman–Crippen LogP) is 3.82. The number of aryl methyl sites for hydroxylation is 1. The third-order valence-electron chi connectivity index (χ3n) is 7.66. The van der Waals surface area contributed by atoms with Crippen LogP contribution in [0.15, 0.2) is 46.5 Å². The number of nitrogens with one attached hydrogen (secondary N) is 1. The Bertz CT molecular complexity index is 1790. The Morgan fingerprint density at radius 2 is 2.02 bits per heavy atom. The van der Waals surface area contributed by atoms with E-state index in [2.05, 4.69) is 54.9 Å². The van der Waals surface area contributed by atoms with E-state index in [0.29, 0.717) is 54.4 Å². The Morgan fingerprint density at radius 1 is 1.20 bits per heavy atom. The Balaban J connectivity index is 1.52. The minimum absolute atomic E-state index is 0.160. The van der Waals surface area contributed by atoms with Crippen molar-refractivity contribution in [2.45, 2.75) is 63.6 Å². The average molecular weight is 678 g/mol. The number of fused-ring (bicyclic) bond motifs is 4. The molecular formula is C27H32IN7O4S. The number of benzene rings is 1. The molecule has 5 heterocycles. The molecule has 13 heteroatoms. The van der Waals surface area contributed by atoms with Gasteiger partial charge in [-0.05, 0) is 73.2 Å². The van der Waals surface area contributed by atoms with Gasteiger partial charge in [0.2, 0.25) is 10.0 Å². The van der Waals surface area contributed by atoms with Gasteiger partial charge in [0.05, 0.1) is 26.3 Å². The summed E-state index contributed by atoms with van der Waals surface area (Å²) in [4.78, 5) is 19.2. The van der Waals surface area contributed by atoms with Crippen LogP contribution in [0.5, 0.6) is 5.75 Å². The number of sulfonamides is 1. The number of ether oxygens (including phenoxy) is 1. The monoisotopic (exact) mass is 677 g/mol. The summed E-state index contributed by atoms with van der Waals surface area (Å²) in [5.41, 5.74) is 2.89. The molecule has 0 amide bonds. The van der Waals surface area contributed by atoms with Crippen LogP contribution in [0.3, 0.4) is 0 Å². The largest absolute Gasteiger partial charge is 0.493 e. The fourth-order valence-corrected chi connectivity index (χ4v) is 8.40. The minimum Gasteiger partial charge on any atom is -0.493 e. The standard InChI is InChI=1S/C27H32IN7O4S/c1-4-10-33-25-22(28)23(30-24(25)26-31-29-16-34(26)27(33)36)20-13-19(8-9-21(20)39-12-5-2)40(37,38)35-15-18-7-6-11-32(18)14-17(35)3/h6,8-9,11,13,16-18,30H,4-5,7,10,12,14-15H2,1-3H3/t17-,18+/m1/s1. The summed E-state index contributed by atoms with van der Waals surface area (Å²) >= 11 is 2.22. The number of halogens is 1. The van der Waals surface area contributed by atoms with Crippen molar-refractivity contribution in [3.63, 3.8) is 0 Å². The maximum Gasteiger partial charge on any atom is 0.335 e. The van der Waals surface area contributed by atoms with Crippen LogP contribution in [0.4, 0.5) is 0 Å². The molecule has 40 heavy (non-hydrogen) atoms. The third-order valence-corrected chi connectivity index (χ3v) is 10.7. The van der Waals surface area contributed by atoms with Crippen molar-refractivity contribution >= 4 is 49.3 Å². The van der Waals surface area contributed by atoms with Crippen LogP contribution in [0.2, 0.25) is 0 Å². The van der Waals surface area contributed by atoms with E-state index in [-0.39, 0.29) is 22.7 Å². The number of aromatic nitrogens is 5. The molecule has 0 saturated carbocycles. The molecule has 1 N–H and O–H groups in total. The molecular weight excluding hydrogens is 645 g/mol. The highest BCUT2D eigenvalue weighted by atomic mass is 127. The predicted molar refractivity (Wildman–Crippen MR) is 161 cm³/mol. The lowest BCUT2D eigenvalue weighted by Crippen LogP contribution is -2.55. The SMILES string of the molecule is CCCOc1ccc(S(=O)(=O)N2C[C@@H]3CC=CN3C[C@H]2C)cc1-c1[nH]c2c(c1I)n(CCC)c(=O)n1cnnc21. The van der Waals surface area contributed by atoms with Gasteiger partial charge in [-0.1, -0.05) is 19.9 Å². The summed E-state index contributed by atoms with van der Waals surface area (Å²) in [6, 6.07) is 5.07. The highest BCUT2D eigenvalue weighted by Gasteiger charge is 2.39. The molecule has 0 radical (unpaired) electrons. The highest BCUT2D eigenvalue weighted by Crippen LogP contribution is 2.39. The van der Waals surface area contributed by atoms with Crippen molar-refractivity contribution in [3.05, 3.63) is 50.9 Å². The molecule has 0 spiro atoms. The zero-order valence-electron chi connectivity index (χ0n) is 22.7. The second-order valence-electron chi connectivity index (χ2n) is 10.4. The van der Waals surface area contributed by atoms with Crippen LogP contribution in [0.25, 0.3) is 27.9 Å². The second-order valence-corrected chi connectivity index (χ2v) is 13.4. The summed E-state index contributed by atoms with van der Waals surface area (Å²) in [5.74, 6) is 0.574. The lowest BCUT2D eigenvalue weighted by atomic mass is 10.1. The van der Waals surface area contributed by atoms with Crippen LogP contribution < -0.4 is 10.4 Å². The fourth-order valence-electron chi connectivity index (χ4n) is 5.73. The van der Waals surface area contributed by atoms with Crippen molar-refractivity contribution in [2.75, 3.05) is 19.7 Å². The molecule has 11 nitrogen and oxygen atoms in total. The van der Waals surface area contributed by atoms with Gasteiger partial charge in [-0.25, -0.2) is 17.6 Å². The molecule has 2 atom stereocenters. The molecule has 2 aliphatic rings. The zero-order chi connectivity index (χ0) is 28.2. The number of hydrogen-bond donors (Lipinski definition) is 1. The van der Waals surface area contributed by atoms with Crippen LogP contribution in [-0.4, -0.2) is 73.6 Å². The van der Waals surface area contributed by atoms with E-state index >= 15 is 0 Å². The number of H-pyrrole nitrogens is 1. The Morgan fingerprint density at radius 3 is 2.80 bits per heavy atom. The highest BCUT2D eigenvalue weighted by molar-refractivity contribution is 14.1. The molecule has 6 rings (SSSR count). The van der Waals surface area contributed by atoms with Gasteiger partial charge in [-0.2, -0.15) is 4.31 Å². The van der Waals surface area contributed by atoms with Crippen molar-refractivity contribution in [3.8, 4) is 17.0 Å². The molecule has 212 valence electrons. The average Bonchev–Trinajstić information content (AvgIpc) is 3.68. The van der Waals surface area contributed by atoms with Gasteiger partial charge in [0.1, 0.15) is 17.6 Å². The maximum absolute atomic E-state index is 14.0. The molecule has 0 unspecified atom stereocenters. The summed E-state index contributed by atoms with van der Waals surface area (Å²) < 4.78 is 39.8. The number of hydrogen-bond acceptors (Lipinski definition) is 7. The van der Waals surface area contributed by atoms with E-state index in [4.69, 9.17) is 4.74 Å². The lowest BCUT2D eigenvalue weighted by molar-refractivity contribution is 0.139. The van der Waals surface area contributed by atoms with E-state index in [1.807, 2.05) is 20.8 Å². The van der Waals surface area contributed by atoms with Gasteiger partial charge in [0, 0.05) is 37.3 Å². The van der Waals surface area contributed by atoms with E-state index in [1.165, 1.54) is 10.7 Å². The molecule has 1 saturated heterocycles. The van der Waals surface area contributed by atoms with Crippen molar-refractivity contribution < 1.29 is 13.2 Å². The number of piperazine rings is 1. The number of rotatable bonds is 8. The second kappa shape index (κ2) is 10.5. The van der Waals surface area contributed by atoms with Crippen LogP contribution in [0.1, 0.15) is 40.0 Å². The summed E-state index contributed by atoms with van der Waals surface area (Å²) in [6.45, 7) is 8.10. The third kappa shape index (κ3) is 4.33. The van der Waals surface area contributed by atoms with Crippen molar-refractivity contribution in [2.24, 2.45) is 0 Å². The Hall–Kier alpha value is -2.91. The molecule has 1 aromatic carbocycles. The van der Waals surface area contributed by atoms with Crippen LogP contribution in [-0.2, 0) is 16.6 Å². The van der Waals surface area contributed by atoms with E-state index < -0.39 is 10.0 Å². The molecule has 2 aliphatic heterocycles. The maximum atomic E-state index is 14.0. The summed E-state index contributed by atoms with van der Waals surface area (Å²) in [5, 5.41) is 8.18. The fraction of sp³-hybridized carbons (Fsp3) is 0.444. The quantitative estimate of drug-likeness (QED) is 0.282. The van der Waals surface area contributed by atoms with Gasteiger partial charge < -0.3 is 14.6 Å². The van der Waals surface area contributed by atoms with E-state index in [0.717, 1.165) is 28.3 Å². The summed E-state index contributed by atoms with van der Waals surface area (Å²) in [6.07, 6.45) is 8.01. The smallest absolute Gasteiger partial charge is 0.335 e. The zero-order valence-corrected chi connectivity index (χ0v) is 25.6. The van der Waals surface area contributed by atoms with Crippen LogP contribution in [0, 0.1) is 3.57 Å². The van der Waals surface area contributed by atoms with Crippen molar-refractivity contribution in [1.29, 1.82) is 0 Å². The van der Waals surface area contributed by atoms with E-state index in [1.54, 1.807) is 27.1 Å². The number of nitrogens with zero attached hydrogens (tertiary/aromatic N) is 6. The number of aromatic amines is 1. The Kier molecular flexibility index (Phi) is 7.15. The molecule has 0 bridgehead atoms. The molecule has 0 aliphatic carbocycles. The first-order valence-corrected chi connectivity index (χ1v) is 16.1.